The van der Waals surface area contributed by atoms with E-state index >= 15 is 0 Å². The molecule has 0 bridgehead atoms. The summed E-state index contributed by atoms with van der Waals surface area (Å²) in [5.41, 5.74) is 6.17. The summed E-state index contributed by atoms with van der Waals surface area (Å²) in [5.74, 6) is -0.206. The van der Waals surface area contributed by atoms with Crippen LogP contribution in [0, 0.1) is 0 Å². The van der Waals surface area contributed by atoms with Crippen molar-refractivity contribution in [1.29, 1.82) is 0 Å². The van der Waals surface area contributed by atoms with Crippen molar-refractivity contribution in [1.82, 2.24) is 5.32 Å². The smallest absolute Gasteiger partial charge is 0.249 e. The number of halogens is 1. The molecule has 1 saturated heterocycles. The summed E-state index contributed by atoms with van der Waals surface area (Å²) >= 11 is 5.86. The molecule has 1 aromatic rings. The monoisotopic (exact) mass is 298 g/mol. The molecular weight excluding hydrogens is 280 g/mol. The van der Waals surface area contributed by atoms with Crippen molar-refractivity contribution in [2.45, 2.75) is 31.2 Å². The number of ether oxygens (including phenoxy) is 1. The van der Waals surface area contributed by atoms with Crippen LogP contribution in [-0.2, 0) is 9.53 Å². The van der Waals surface area contributed by atoms with Crippen LogP contribution in [0.4, 0.5) is 0 Å². The van der Waals surface area contributed by atoms with Crippen molar-refractivity contribution in [2.24, 2.45) is 5.73 Å². The predicted molar refractivity (Wildman–Crippen MR) is 76.4 cm³/mol. The van der Waals surface area contributed by atoms with E-state index in [1.807, 2.05) is 0 Å². The highest BCUT2D eigenvalue weighted by atomic mass is 35.5. The Hall–Kier alpha value is -1.14. The van der Waals surface area contributed by atoms with Gasteiger partial charge in [0, 0.05) is 18.1 Å². The number of benzene rings is 1. The summed E-state index contributed by atoms with van der Waals surface area (Å²) in [6, 6.07) is 6.93. The number of aliphatic hydroxyl groups is 1. The van der Waals surface area contributed by atoms with Crippen molar-refractivity contribution in [3.05, 3.63) is 34.9 Å². The Balaban J connectivity index is 1.81. The molecule has 1 aliphatic heterocycles. The average molecular weight is 299 g/mol. The highest BCUT2D eigenvalue weighted by molar-refractivity contribution is 6.30. The minimum atomic E-state index is -0.788. The molecule has 1 aromatic carbocycles. The van der Waals surface area contributed by atoms with Gasteiger partial charge in [-0.15, -0.1) is 0 Å². The van der Waals surface area contributed by atoms with E-state index in [-0.39, 0.29) is 18.6 Å². The van der Waals surface area contributed by atoms with E-state index in [1.54, 1.807) is 24.3 Å². The predicted octanol–water partition coefficient (Wildman–Crippen LogP) is 0.996. The van der Waals surface area contributed by atoms with Crippen LogP contribution in [0.25, 0.3) is 0 Å². The molecule has 0 aromatic heterocycles. The van der Waals surface area contributed by atoms with Gasteiger partial charge in [-0.25, -0.2) is 0 Å². The van der Waals surface area contributed by atoms with E-state index < -0.39 is 12.2 Å². The maximum absolute atomic E-state index is 11.9. The fraction of sp³-hybridized carbons (Fsp3) is 0.500. The van der Waals surface area contributed by atoms with Crippen LogP contribution >= 0.6 is 11.6 Å². The molecule has 1 amide bonds. The number of hydrogen-bond donors (Lipinski definition) is 3. The van der Waals surface area contributed by atoms with Gasteiger partial charge in [0.05, 0.1) is 12.2 Å². The molecule has 2 rings (SSSR count). The fourth-order valence-corrected chi connectivity index (χ4v) is 2.41. The largest absolute Gasteiger partial charge is 0.387 e. The SMILES string of the molecule is NC[C@H]1CC[C@@H](C(=O)NCC(O)c2cccc(Cl)c2)O1. The maximum Gasteiger partial charge on any atom is 0.249 e. The number of carbonyl (C=O) groups excluding carboxylic acids is 1. The third-order valence-corrected chi connectivity index (χ3v) is 3.60. The Kier molecular flexibility index (Phi) is 5.37. The normalized spacial score (nSPS) is 23.6. The quantitative estimate of drug-likeness (QED) is 0.757. The zero-order valence-electron chi connectivity index (χ0n) is 11.1. The van der Waals surface area contributed by atoms with Crippen LogP contribution in [0.3, 0.4) is 0 Å². The van der Waals surface area contributed by atoms with E-state index in [1.165, 1.54) is 0 Å². The van der Waals surface area contributed by atoms with Gasteiger partial charge in [-0.3, -0.25) is 4.79 Å². The zero-order chi connectivity index (χ0) is 14.5. The lowest BCUT2D eigenvalue weighted by molar-refractivity contribution is -0.132. The van der Waals surface area contributed by atoms with Gasteiger partial charge in [0.25, 0.3) is 0 Å². The molecule has 0 radical (unpaired) electrons. The first kappa shape index (κ1) is 15.3. The van der Waals surface area contributed by atoms with E-state index in [2.05, 4.69) is 5.32 Å². The molecule has 1 fully saturated rings. The summed E-state index contributed by atoms with van der Waals surface area (Å²) in [4.78, 5) is 11.9. The van der Waals surface area contributed by atoms with E-state index in [4.69, 9.17) is 22.1 Å². The van der Waals surface area contributed by atoms with Crippen LogP contribution in [0.15, 0.2) is 24.3 Å². The first-order valence-corrected chi connectivity index (χ1v) is 7.04. The summed E-state index contributed by atoms with van der Waals surface area (Å²) in [7, 11) is 0. The van der Waals surface area contributed by atoms with Gasteiger partial charge in [-0.05, 0) is 30.5 Å². The molecule has 4 N–H and O–H groups in total. The number of nitrogens with one attached hydrogen (secondary N) is 1. The highest BCUT2D eigenvalue weighted by Gasteiger charge is 2.29. The van der Waals surface area contributed by atoms with Crippen LogP contribution < -0.4 is 11.1 Å². The van der Waals surface area contributed by atoms with Gasteiger partial charge in [0.15, 0.2) is 0 Å². The number of nitrogens with two attached hydrogens (primary N) is 1. The topological polar surface area (TPSA) is 84.6 Å². The highest BCUT2D eigenvalue weighted by Crippen LogP contribution is 2.20. The molecule has 1 heterocycles. The maximum atomic E-state index is 11.9. The van der Waals surface area contributed by atoms with Gasteiger partial charge in [-0.2, -0.15) is 0 Å². The number of rotatable bonds is 5. The van der Waals surface area contributed by atoms with E-state index in [9.17, 15) is 9.90 Å². The van der Waals surface area contributed by atoms with Crippen molar-refractivity contribution in [3.8, 4) is 0 Å². The van der Waals surface area contributed by atoms with Crippen LogP contribution in [0.5, 0.6) is 0 Å². The Morgan fingerprint density at radius 3 is 3.00 bits per heavy atom. The molecule has 3 atom stereocenters. The van der Waals surface area contributed by atoms with Crippen LogP contribution in [0.2, 0.25) is 5.02 Å². The van der Waals surface area contributed by atoms with Crippen molar-refractivity contribution < 1.29 is 14.6 Å². The fourth-order valence-electron chi connectivity index (χ4n) is 2.21. The lowest BCUT2D eigenvalue weighted by Crippen LogP contribution is -2.37. The second-order valence-electron chi connectivity index (χ2n) is 4.88. The summed E-state index contributed by atoms with van der Waals surface area (Å²) < 4.78 is 5.49. The molecule has 0 aliphatic carbocycles. The number of carbonyl (C=O) groups is 1. The van der Waals surface area contributed by atoms with Crippen LogP contribution in [-0.4, -0.2) is 36.3 Å². The molecular formula is C14H19ClN2O3. The van der Waals surface area contributed by atoms with Crippen molar-refractivity contribution in [2.75, 3.05) is 13.1 Å². The van der Waals surface area contributed by atoms with Crippen LogP contribution in [0.1, 0.15) is 24.5 Å². The van der Waals surface area contributed by atoms with Gasteiger partial charge >= 0.3 is 0 Å². The second-order valence-corrected chi connectivity index (χ2v) is 5.31. The van der Waals surface area contributed by atoms with Crippen molar-refractivity contribution >= 4 is 17.5 Å². The molecule has 1 unspecified atom stereocenters. The third kappa shape index (κ3) is 3.93. The molecule has 110 valence electrons. The summed E-state index contributed by atoms with van der Waals surface area (Å²) in [5, 5.41) is 13.2. The molecule has 1 aliphatic rings. The third-order valence-electron chi connectivity index (χ3n) is 3.37. The van der Waals surface area contributed by atoms with Gasteiger partial charge in [-0.1, -0.05) is 23.7 Å². The van der Waals surface area contributed by atoms with Gasteiger partial charge in [0.1, 0.15) is 6.10 Å². The van der Waals surface area contributed by atoms with E-state index in [0.717, 1.165) is 6.42 Å². The lowest BCUT2D eigenvalue weighted by atomic mass is 10.1. The second kappa shape index (κ2) is 7.04. The Morgan fingerprint density at radius 2 is 2.35 bits per heavy atom. The average Bonchev–Trinajstić information content (AvgIpc) is 2.93. The summed E-state index contributed by atoms with van der Waals surface area (Å²) in [6.45, 7) is 0.557. The minimum Gasteiger partial charge on any atom is -0.387 e. The molecule has 6 heteroatoms. The van der Waals surface area contributed by atoms with Gasteiger partial charge < -0.3 is 20.9 Å². The first-order valence-electron chi connectivity index (χ1n) is 6.67. The lowest BCUT2D eigenvalue weighted by Gasteiger charge is -2.15. The standard InChI is InChI=1S/C14H19ClN2O3/c15-10-3-1-2-9(6-10)12(18)8-17-14(19)13-5-4-11(7-16)20-13/h1-3,6,11-13,18H,4-5,7-8,16H2,(H,17,19)/t11-,12?,13+/m1/s1. The van der Waals surface area contributed by atoms with Gasteiger partial charge in [0.2, 0.25) is 5.91 Å². The molecule has 5 nitrogen and oxygen atoms in total. The molecule has 0 saturated carbocycles. The zero-order valence-corrected chi connectivity index (χ0v) is 11.8. The van der Waals surface area contributed by atoms with E-state index in [0.29, 0.717) is 23.6 Å². The molecule has 0 spiro atoms. The number of hydrogen-bond acceptors (Lipinski definition) is 4. The summed E-state index contributed by atoms with van der Waals surface area (Å²) in [6.07, 6.45) is 0.176. The Morgan fingerprint density at radius 1 is 1.55 bits per heavy atom. The number of aliphatic hydroxyl groups excluding tert-OH is 1. The molecule has 20 heavy (non-hydrogen) atoms. The minimum absolute atomic E-state index is 0.0383. The Labute approximate surface area is 123 Å². The van der Waals surface area contributed by atoms with Crippen molar-refractivity contribution in [3.63, 3.8) is 0 Å². The number of amides is 1. The first-order chi connectivity index (χ1) is 9.60. The Bertz CT molecular complexity index is 469.